The van der Waals surface area contributed by atoms with Gasteiger partial charge in [0.15, 0.2) is 5.82 Å². The molecule has 21 heavy (non-hydrogen) atoms. The summed E-state index contributed by atoms with van der Waals surface area (Å²) in [6.07, 6.45) is 1.46. The van der Waals surface area contributed by atoms with Gasteiger partial charge < -0.3 is 9.84 Å². The Balaban J connectivity index is 1.71. The van der Waals surface area contributed by atoms with E-state index >= 15 is 0 Å². The first-order valence-electron chi connectivity index (χ1n) is 6.13. The lowest BCUT2D eigenvalue weighted by atomic mass is 10.2. The van der Waals surface area contributed by atoms with Crippen LogP contribution in [0.1, 0.15) is 22.1 Å². The Hall–Kier alpha value is -3.10. The summed E-state index contributed by atoms with van der Waals surface area (Å²) in [4.78, 5) is 16.1. The molecular weight excluding hydrogens is 274 g/mol. The van der Waals surface area contributed by atoms with Gasteiger partial charge in [0.2, 0.25) is 5.89 Å². The van der Waals surface area contributed by atoms with Crippen LogP contribution in [0.15, 0.2) is 35.1 Å². The Labute approximate surface area is 119 Å². The minimum Gasteiger partial charge on any atom is -0.343 e. The first-order valence-corrected chi connectivity index (χ1v) is 6.13. The van der Waals surface area contributed by atoms with E-state index in [0.717, 1.165) is 0 Å². The average molecular weight is 285 g/mol. The predicted octanol–water partition coefficient (Wildman–Crippen LogP) is 0.284. The standard InChI is InChI=1S/C12H11N7O2/c1-8-15-11(21-16-8)6-13-12(20)9-3-2-4-10(5-9)19-7-14-17-18-19/h2-5,7H,6H2,1H3,(H,13,20). The van der Waals surface area contributed by atoms with E-state index in [4.69, 9.17) is 4.52 Å². The van der Waals surface area contributed by atoms with Gasteiger partial charge in [0, 0.05) is 5.56 Å². The second kappa shape index (κ2) is 5.49. The van der Waals surface area contributed by atoms with Crippen LogP contribution in [0, 0.1) is 6.92 Å². The molecule has 9 nitrogen and oxygen atoms in total. The van der Waals surface area contributed by atoms with Gasteiger partial charge in [0.1, 0.15) is 6.33 Å². The molecule has 0 aliphatic carbocycles. The van der Waals surface area contributed by atoms with Crippen molar-refractivity contribution in [1.29, 1.82) is 0 Å². The number of tetrazole rings is 1. The third-order valence-electron chi connectivity index (χ3n) is 2.69. The number of nitrogens with one attached hydrogen (secondary N) is 1. The maximum atomic E-state index is 12.1. The fraction of sp³-hybridized carbons (Fsp3) is 0.167. The van der Waals surface area contributed by atoms with Crippen LogP contribution in [0.2, 0.25) is 0 Å². The molecule has 0 saturated carbocycles. The molecular formula is C12H11N7O2. The van der Waals surface area contributed by atoms with E-state index in [1.165, 1.54) is 11.0 Å². The zero-order valence-electron chi connectivity index (χ0n) is 11.1. The zero-order valence-corrected chi connectivity index (χ0v) is 11.1. The molecule has 106 valence electrons. The molecule has 9 heteroatoms. The number of hydrogen-bond donors (Lipinski definition) is 1. The molecule has 0 aliphatic rings. The molecule has 2 heterocycles. The Morgan fingerprint density at radius 1 is 1.43 bits per heavy atom. The SMILES string of the molecule is Cc1noc(CNC(=O)c2cccc(-n3cnnn3)c2)n1. The highest BCUT2D eigenvalue weighted by atomic mass is 16.5. The summed E-state index contributed by atoms with van der Waals surface area (Å²) in [7, 11) is 0. The van der Waals surface area contributed by atoms with Crippen molar-refractivity contribution in [3.63, 3.8) is 0 Å². The van der Waals surface area contributed by atoms with Gasteiger partial charge in [-0.25, -0.2) is 4.68 Å². The molecule has 1 amide bonds. The molecule has 1 aromatic carbocycles. The van der Waals surface area contributed by atoms with Crippen LogP contribution < -0.4 is 5.32 Å². The molecule has 0 unspecified atom stereocenters. The fourth-order valence-electron chi connectivity index (χ4n) is 1.74. The van der Waals surface area contributed by atoms with E-state index in [-0.39, 0.29) is 12.5 Å². The topological polar surface area (TPSA) is 112 Å². The third kappa shape index (κ3) is 2.91. The number of carbonyl (C=O) groups excluding carboxylic acids is 1. The van der Waals surface area contributed by atoms with E-state index in [0.29, 0.717) is 23.0 Å². The van der Waals surface area contributed by atoms with Crippen LogP contribution in [0.3, 0.4) is 0 Å². The van der Waals surface area contributed by atoms with Crippen molar-refractivity contribution >= 4 is 5.91 Å². The van der Waals surface area contributed by atoms with Gasteiger partial charge in [0.05, 0.1) is 12.2 Å². The van der Waals surface area contributed by atoms with Crippen LogP contribution in [0.4, 0.5) is 0 Å². The quantitative estimate of drug-likeness (QED) is 0.732. The maximum Gasteiger partial charge on any atom is 0.251 e. The Morgan fingerprint density at radius 3 is 3.05 bits per heavy atom. The predicted molar refractivity (Wildman–Crippen MR) is 69.4 cm³/mol. The lowest BCUT2D eigenvalue weighted by Crippen LogP contribution is -2.23. The van der Waals surface area contributed by atoms with Crippen LogP contribution in [0.5, 0.6) is 0 Å². The van der Waals surface area contributed by atoms with Gasteiger partial charge in [-0.3, -0.25) is 4.79 Å². The summed E-state index contributed by atoms with van der Waals surface area (Å²) in [5, 5.41) is 17.2. The van der Waals surface area contributed by atoms with Gasteiger partial charge in [-0.1, -0.05) is 11.2 Å². The molecule has 0 atom stereocenters. The molecule has 3 rings (SSSR count). The minimum absolute atomic E-state index is 0.175. The van der Waals surface area contributed by atoms with Crippen LogP contribution in [0.25, 0.3) is 5.69 Å². The summed E-state index contributed by atoms with van der Waals surface area (Å²) in [6, 6.07) is 6.93. The summed E-state index contributed by atoms with van der Waals surface area (Å²) < 4.78 is 6.40. The lowest BCUT2D eigenvalue weighted by molar-refractivity contribution is 0.0946. The minimum atomic E-state index is -0.249. The number of amides is 1. The summed E-state index contributed by atoms with van der Waals surface area (Å²) >= 11 is 0. The van der Waals surface area contributed by atoms with Crippen molar-refractivity contribution in [3.05, 3.63) is 47.9 Å². The number of rotatable bonds is 4. The van der Waals surface area contributed by atoms with Crippen molar-refractivity contribution in [2.24, 2.45) is 0 Å². The lowest BCUT2D eigenvalue weighted by Gasteiger charge is -2.04. The van der Waals surface area contributed by atoms with E-state index in [2.05, 4.69) is 31.0 Å². The van der Waals surface area contributed by atoms with E-state index in [1.807, 2.05) is 0 Å². The molecule has 3 aromatic rings. The number of aromatic nitrogens is 6. The largest absolute Gasteiger partial charge is 0.343 e. The highest BCUT2D eigenvalue weighted by Gasteiger charge is 2.09. The average Bonchev–Trinajstić information content (AvgIpc) is 3.16. The van der Waals surface area contributed by atoms with Gasteiger partial charge in [-0.15, -0.1) is 5.10 Å². The monoisotopic (exact) mass is 285 g/mol. The Morgan fingerprint density at radius 2 is 2.33 bits per heavy atom. The first kappa shape index (κ1) is 12.9. The van der Waals surface area contributed by atoms with Crippen molar-refractivity contribution in [2.45, 2.75) is 13.5 Å². The van der Waals surface area contributed by atoms with Crippen molar-refractivity contribution in [3.8, 4) is 5.69 Å². The number of aryl methyl sites for hydroxylation is 1. The molecule has 1 N–H and O–H groups in total. The van der Waals surface area contributed by atoms with Gasteiger partial charge in [0.25, 0.3) is 5.91 Å². The normalized spacial score (nSPS) is 10.5. The van der Waals surface area contributed by atoms with Crippen LogP contribution >= 0.6 is 0 Å². The van der Waals surface area contributed by atoms with Gasteiger partial charge >= 0.3 is 0 Å². The molecule has 0 spiro atoms. The molecule has 0 radical (unpaired) electrons. The number of benzene rings is 1. The second-order valence-electron chi connectivity index (χ2n) is 4.22. The summed E-state index contributed by atoms with van der Waals surface area (Å²) in [5.41, 5.74) is 1.18. The van der Waals surface area contributed by atoms with Crippen molar-refractivity contribution in [2.75, 3.05) is 0 Å². The van der Waals surface area contributed by atoms with Crippen LogP contribution in [-0.4, -0.2) is 36.3 Å². The molecule has 0 bridgehead atoms. The zero-order chi connectivity index (χ0) is 14.7. The van der Waals surface area contributed by atoms with E-state index in [1.54, 1.807) is 31.2 Å². The van der Waals surface area contributed by atoms with Gasteiger partial charge in [-0.05, 0) is 35.5 Å². The summed E-state index contributed by atoms with van der Waals surface area (Å²) in [5.74, 6) is 0.637. The third-order valence-corrected chi connectivity index (χ3v) is 2.69. The highest BCUT2D eigenvalue weighted by Crippen LogP contribution is 2.09. The maximum absolute atomic E-state index is 12.1. The molecule has 0 saturated heterocycles. The van der Waals surface area contributed by atoms with Crippen LogP contribution in [-0.2, 0) is 6.54 Å². The Kier molecular flexibility index (Phi) is 3.37. The number of carbonyl (C=O) groups is 1. The molecule has 2 aromatic heterocycles. The smallest absolute Gasteiger partial charge is 0.251 e. The molecule has 0 aliphatic heterocycles. The molecule has 0 fully saturated rings. The fourth-order valence-corrected chi connectivity index (χ4v) is 1.74. The van der Waals surface area contributed by atoms with Crippen molar-refractivity contribution < 1.29 is 9.32 Å². The second-order valence-corrected chi connectivity index (χ2v) is 4.22. The van der Waals surface area contributed by atoms with E-state index < -0.39 is 0 Å². The van der Waals surface area contributed by atoms with Gasteiger partial charge in [-0.2, -0.15) is 4.98 Å². The van der Waals surface area contributed by atoms with Crippen molar-refractivity contribution in [1.82, 2.24) is 35.7 Å². The Bertz CT molecular complexity index is 751. The summed E-state index contributed by atoms with van der Waals surface area (Å²) in [6.45, 7) is 1.89. The van der Waals surface area contributed by atoms with E-state index in [9.17, 15) is 4.79 Å². The number of hydrogen-bond acceptors (Lipinski definition) is 7. The highest BCUT2D eigenvalue weighted by molar-refractivity contribution is 5.94. The number of nitrogens with zero attached hydrogens (tertiary/aromatic N) is 6. The first-order chi connectivity index (χ1) is 10.2.